The summed E-state index contributed by atoms with van der Waals surface area (Å²) in [5.41, 5.74) is 6.59. The van der Waals surface area contributed by atoms with Gasteiger partial charge >= 0.3 is 0 Å². The van der Waals surface area contributed by atoms with Crippen molar-refractivity contribution in [3.63, 3.8) is 0 Å². The van der Waals surface area contributed by atoms with Crippen LogP contribution in [0.1, 0.15) is 30.9 Å². The van der Waals surface area contributed by atoms with Gasteiger partial charge in [0, 0.05) is 6.61 Å². The summed E-state index contributed by atoms with van der Waals surface area (Å²) in [6.07, 6.45) is 3.04. The first kappa shape index (κ1) is 15.3. The Balaban J connectivity index is 1.78. The SMILES string of the molecule is COc1cccc(C(O)COCC2CCCC2CN)c1. The van der Waals surface area contributed by atoms with Gasteiger partial charge in [-0.2, -0.15) is 0 Å². The Morgan fingerprint density at radius 2 is 2.15 bits per heavy atom. The van der Waals surface area contributed by atoms with E-state index in [1.54, 1.807) is 7.11 Å². The number of aliphatic hydroxyl groups excluding tert-OH is 1. The zero-order valence-corrected chi connectivity index (χ0v) is 12.1. The lowest BCUT2D eigenvalue weighted by Crippen LogP contribution is -2.23. The molecule has 3 unspecified atom stereocenters. The van der Waals surface area contributed by atoms with E-state index in [-0.39, 0.29) is 0 Å². The molecule has 0 aliphatic heterocycles. The van der Waals surface area contributed by atoms with Crippen molar-refractivity contribution in [3.05, 3.63) is 29.8 Å². The van der Waals surface area contributed by atoms with Crippen LogP contribution in [0.3, 0.4) is 0 Å². The Morgan fingerprint density at radius 3 is 2.90 bits per heavy atom. The number of hydrogen-bond donors (Lipinski definition) is 2. The quantitative estimate of drug-likeness (QED) is 0.802. The number of nitrogens with two attached hydrogens (primary N) is 1. The molecule has 1 aromatic carbocycles. The summed E-state index contributed by atoms with van der Waals surface area (Å²) in [6.45, 7) is 1.76. The van der Waals surface area contributed by atoms with E-state index < -0.39 is 6.10 Å². The van der Waals surface area contributed by atoms with Gasteiger partial charge in [0.05, 0.1) is 13.7 Å². The van der Waals surface area contributed by atoms with Gasteiger partial charge in [-0.25, -0.2) is 0 Å². The van der Waals surface area contributed by atoms with Gasteiger partial charge in [-0.1, -0.05) is 18.6 Å². The molecule has 20 heavy (non-hydrogen) atoms. The van der Waals surface area contributed by atoms with Crippen LogP contribution in [0, 0.1) is 11.8 Å². The molecule has 1 saturated carbocycles. The van der Waals surface area contributed by atoms with Crippen molar-refractivity contribution in [2.45, 2.75) is 25.4 Å². The first-order chi connectivity index (χ1) is 9.74. The van der Waals surface area contributed by atoms with Gasteiger partial charge in [-0.05, 0) is 48.9 Å². The number of rotatable bonds is 7. The molecule has 1 fully saturated rings. The maximum absolute atomic E-state index is 10.1. The van der Waals surface area contributed by atoms with E-state index >= 15 is 0 Å². The first-order valence-corrected chi connectivity index (χ1v) is 7.34. The summed E-state index contributed by atoms with van der Waals surface area (Å²) in [5.74, 6) is 1.89. The second-order valence-electron chi connectivity index (χ2n) is 5.52. The molecule has 0 bridgehead atoms. The van der Waals surface area contributed by atoms with E-state index in [0.29, 0.717) is 25.0 Å². The van der Waals surface area contributed by atoms with E-state index in [0.717, 1.165) is 17.9 Å². The third-order valence-electron chi connectivity index (χ3n) is 4.21. The average molecular weight is 279 g/mol. The van der Waals surface area contributed by atoms with Gasteiger partial charge in [-0.3, -0.25) is 0 Å². The summed E-state index contributed by atoms with van der Waals surface area (Å²) < 4.78 is 10.8. The van der Waals surface area contributed by atoms with E-state index in [1.807, 2.05) is 24.3 Å². The molecule has 1 aromatic rings. The van der Waals surface area contributed by atoms with Crippen molar-refractivity contribution < 1.29 is 14.6 Å². The molecule has 0 saturated heterocycles. The summed E-state index contributed by atoms with van der Waals surface area (Å²) in [7, 11) is 1.62. The molecule has 0 radical (unpaired) electrons. The van der Waals surface area contributed by atoms with Crippen molar-refractivity contribution in [3.8, 4) is 5.75 Å². The minimum absolute atomic E-state index is 0.320. The van der Waals surface area contributed by atoms with Crippen LogP contribution in [0.4, 0.5) is 0 Å². The molecule has 3 atom stereocenters. The molecular weight excluding hydrogens is 254 g/mol. The topological polar surface area (TPSA) is 64.7 Å². The van der Waals surface area contributed by atoms with Crippen LogP contribution >= 0.6 is 0 Å². The van der Waals surface area contributed by atoms with Crippen LogP contribution in [0.15, 0.2) is 24.3 Å². The standard InChI is InChI=1S/C16H25NO3/c1-19-15-7-3-4-12(8-15)16(18)11-20-10-14-6-2-5-13(14)9-17/h3-4,7-8,13-14,16,18H,2,5-6,9-11,17H2,1H3. The van der Waals surface area contributed by atoms with Gasteiger partial charge in [0.2, 0.25) is 0 Å². The molecule has 4 nitrogen and oxygen atoms in total. The molecule has 112 valence electrons. The molecule has 0 amide bonds. The van der Waals surface area contributed by atoms with Gasteiger partial charge < -0.3 is 20.3 Å². The molecular formula is C16H25NO3. The van der Waals surface area contributed by atoms with Crippen LogP contribution < -0.4 is 10.5 Å². The average Bonchev–Trinajstić information content (AvgIpc) is 2.94. The van der Waals surface area contributed by atoms with Crippen molar-refractivity contribution in [1.29, 1.82) is 0 Å². The van der Waals surface area contributed by atoms with Crippen LogP contribution in [0.5, 0.6) is 5.75 Å². The number of aliphatic hydroxyl groups is 1. The minimum Gasteiger partial charge on any atom is -0.497 e. The third-order valence-corrected chi connectivity index (χ3v) is 4.21. The molecule has 1 aliphatic rings. The molecule has 0 heterocycles. The summed E-state index contributed by atoms with van der Waals surface area (Å²) >= 11 is 0. The first-order valence-electron chi connectivity index (χ1n) is 7.34. The summed E-state index contributed by atoms with van der Waals surface area (Å²) in [6, 6.07) is 7.46. The highest BCUT2D eigenvalue weighted by Gasteiger charge is 2.26. The molecule has 0 spiro atoms. The Kier molecular flexibility index (Phi) is 5.83. The molecule has 2 rings (SSSR count). The van der Waals surface area contributed by atoms with Crippen LogP contribution in [0.25, 0.3) is 0 Å². The van der Waals surface area contributed by atoms with Gasteiger partial charge in [0.15, 0.2) is 0 Å². The van der Waals surface area contributed by atoms with E-state index in [9.17, 15) is 5.11 Å². The second kappa shape index (κ2) is 7.62. The number of methoxy groups -OCH3 is 1. The summed E-state index contributed by atoms with van der Waals surface area (Å²) in [4.78, 5) is 0. The Bertz CT molecular complexity index is 410. The zero-order chi connectivity index (χ0) is 14.4. The van der Waals surface area contributed by atoms with Gasteiger partial charge in [0.25, 0.3) is 0 Å². The van der Waals surface area contributed by atoms with Crippen LogP contribution in [0.2, 0.25) is 0 Å². The fraction of sp³-hybridized carbons (Fsp3) is 0.625. The Hall–Kier alpha value is -1.10. The Labute approximate surface area is 120 Å². The fourth-order valence-corrected chi connectivity index (χ4v) is 2.92. The second-order valence-corrected chi connectivity index (χ2v) is 5.52. The molecule has 4 heteroatoms. The lowest BCUT2D eigenvalue weighted by Gasteiger charge is -2.19. The van der Waals surface area contributed by atoms with Crippen molar-refractivity contribution in [1.82, 2.24) is 0 Å². The lowest BCUT2D eigenvalue weighted by molar-refractivity contribution is 0.0149. The van der Waals surface area contributed by atoms with Crippen LogP contribution in [-0.4, -0.2) is 32.0 Å². The van der Waals surface area contributed by atoms with E-state index in [4.69, 9.17) is 15.2 Å². The molecule has 0 aromatic heterocycles. The summed E-state index contributed by atoms with van der Waals surface area (Å²) in [5, 5.41) is 10.1. The van der Waals surface area contributed by atoms with E-state index in [2.05, 4.69) is 0 Å². The monoisotopic (exact) mass is 279 g/mol. The predicted octanol–water partition coefficient (Wildman–Crippen LogP) is 2.12. The Morgan fingerprint density at radius 1 is 1.35 bits per heavy atom. The largest absolute Gasteiger partial charge is 0.497 e. The van der Waals surface area contributed by atoms with Gasteiger partial charge in [-0.15, -0.1) is 0 Å². The highest BCUT2D eigenvalue weighted by Crippen LogP contribution is 2.31. The third kappa shape index (κ3) is 3.95. The van der Waals surface area contributed by atoms with Gasteiger partial charge in [0.1, 0.15) is 11.9 Å². The normalized spacial score (nSPS) is 23.8. The maximum atomic E-state index is 10.1. The van der Waals surface area contributed by atoms with Crippen molar-refractivity contribution in [2.24, 2.45) is 17.6 Å². The highest BCUT2D eigenvalue weighted by molar-refractivity contribution is 5.29. The fourth-order valence-electron chi connectivity index (χ4n) is 2.92. The highest BCUT2D eigenvalue weighted by atomic mass is 16.5. The van der Waals surface area contributed by atoms with Crippen molar-refractivity contribution in [2.75, 3.05) is 26.9 Å². The smallest absolute Gasteiger partial charge is 0.119 e. The predicted molar refractivity (Wildman–Crippen MR) is 78.7 cm³/mol. The number of hydrogen-bond acceptors (Lipinski definition) is 4. The van der Waals surface area contributed by atoms with Crippen molar-refractivity contribution >= 4 is 0 Å². The maximum Gasteiger partial charge on any atom is 0.119 e. The van der Waals surface area contributed by atoms with E-state index in [1.165, 1.54) is 19.3 Å². The van der Waals surface area contributed by atoms with Crippen LogP contribution in [-0.2, 0) is 4.74 Å². The lowest BCUT2D eigenvalue weighted by atomic mass is 9.97. The molecule has 1 aliphatic carbocycles. The number of ether oxygens (including phenoxy) is 2. The number of benzene rings is 1. The zero-order valence-electron chi connectivity index (χ0n) is 12.1. The molecule has 3 N–H and O–H groups in total. The minimum atomic E-state index is -0.608.